The van der Waals surface area contributed by atoms with Crippen molar-refractivity contribution in [1.29, 1.82) is 0 Å². The minimum Gasteiger partial charge on any atom is -0.374 e. The molecule has 1 unspecified atom stereocenters. The van der Waals surface area contributed by atoms with E-state index in [9.17, 15) is 8.78 Å². The van der Waals surface area contributed by atoms with Gasteiger partial charge in [-0.15, -0.1) is 0 Å². The molecule has 1 rings (SSSR count). The Bertz CT molecular complexity index is 380. The summed E-state index contributed by atoms with van der Waals surface area (Å²) in [6, 6.07) is 3.18. The molecule has 0 fully saturated rings. The highest BCUT2D eigenvalue weighted by atomic mass is 19.1. The number of hydrogen-bond acceptors (Lipinski definition) is 2. The van der Waals surface area contributed by atoms with Crippen molar-refractivity contribution in [2.75, 3.05) is 6.61 Å². The first kappa shape index (κ1) is 14.1. The lowest BCUT2D eigenvalue weighted by molar-refractivity contribution is -0.0289. The van der Waals surface area contributed by atoms with E-state index in [-0.39, 0.29) is 6.04 Å². The highest BCUT2D eigenvalue weighted by molar-refractivity contribution is 5.20. The molecule has 2 N–H and O–H groups in total. The molecule has 0 spiro atoms. The zero-order valence-electron chi connectivity index (χ0n) is 10.5. The van der Waals surface area contributed by atoms with Crippen LogP contribution in [0.1, 0.15) is 26.3 Å². The van der Waals surface area contributed by atoms with Gasteiger partial charge in [0.05, 0.1) is 5.60 Å². The van der Waals surface area contributed by atoms with Gasteiger partial charge in [0, 0.05) is 18.7 Å². The Hall–Kier alpha value is -1.00. The van der Waals surface area contributed by atoms with Crippen LogP contribution < -0.4 is 5.73 Å². The molecule has 4 heteroatoms. The molecule has 0 amide bonds. The summed E-state index contributed by atoms with van der Waals surface area (Å²) >= 11 is 0. The quantitative estimate of drug-likeness (QED) is 0.862. The second-order valence-corrected chi connectivity index (χ2v) is 4.58. The van der Waals surface area contributed by atoms with Crippen molar-refractivity contribution in [1.82, 2.24) is 0 Å². The Kier molecular flexibility index (Phi) is 4.60. The molecule has 0 saturated heterocycles. The molecule has 1 aromatic rings. The van der Waals surface area contributed by atoms with Crippen molar-refractivity contribution < 1.29 is 13.5 Å². The molecule has 0 aromatic heterocycles. The molecule has 2 nitrogen and oxygen atoms in total. The van der Waals surface area contributed by atoms with Gasteiger partial charge in [0.25, 0.3) is 0 Å². The average Bonchev–Trinajstić information content (AvgIpc) is 2.22. The Balaban J connectivity index is 2.77. The molecule has 0 radical (unpaired) electrons. The van der Waals surface area contributed by atoms with Crippen LogP contribution in [0.4, 0.5) is 8.78 Å². The Morgan fingerprint density at radius 2 is 2.00 bits per heavy atom. The number of benzene rings is 1. The van der Waals surface area contributed by atoms with Gasteiger partial charge in [-0.05, 0) is 38.8 Å². The van der Waals surface area contributed by atoms with E-state index in [4.69, 9.17) is 10.5 Å². The van der Waals surface area contributed by atoms with Gasteiger partial charge in [-0.3, -0.25) is 0 Å². The van der Waals surface area contributed by atoms with Crippen LogP contribution >= 0.6 is 0 Å². The molecule has 0 aliphatic heterocycles. The summed E-state index contributed by atoms with van der Waals surface area (Å²) < 4.78 is 31.7. The smallest absolute Gasteiger partial charge is 0.129 e. The van der Waals surface area contributed by atoms with E-state index in [0.717, 1.165) is 6.07 Å². The lowest BCUT2D eigenvalue weighted by Crippen LogP contribution is -2.46. The number of ether oxygens (including phenoxy) is 1. The summed E-state index contributed by atoms with van der Waals surface area (Å²) in [7, 11) is 0. The minimum atomic E-state index is -0.580. The van der Waals surface area contributed by atoms with Crippen LogP contribution in [0.25, 0.3) is 0 Å². The van der Waals surface area contributed by atoms with E-state index in [1.54, 1.807) is 0 Å². The highest BCUT2D eigenvalue weighted by Crippen LogP contribution is 2.19. The fraction of sp³-hybridized carbons (Fsp3) is 0.538. The fourth-order valence-corrected chi connectivity index (χ4v) is 1.65. The van der Waals surface area contributed by atoms with E-state index in [1.807, 2.05) is 20.8 Å². The lowest BCUT2D eigenvalue weighted by Gasteiger charge is -2.31. The van der Waals surface area contributed by atoms with Gasteiger partial charge in [-0.1, -0.05) is 6.07 Å². The van der Waals surface area contributed by atoms with Crippen molar-refractivity contribution >= 4 is 0 Å². The van der Waals surface area contributed by atoms with Crippen molar-refractivity contribution in [2.45, 2.75) is 38.8 Å². The highest BCUT2D eigenvalue weighted by Gasteiger charge is 2.27. The third-order valence-electron chi connectivity index (χ3n) is 2.86. The predicted molar refractivity (Wildman–Crippen MR) is 63.7 cm³/mol. The van der Waals surface area contributed by atoms with Crippen molar-refractivity contribution in [3.05, 3.63) is 35.4 Å². The molecule has 96 valence electrons. The van der Waals surface area contributed by atoms with Crippen LogP contribution in [0.3, 0.4) is 0 Å². The third-order valence-corrected chi connectivity index (χ3v) is 2.86. The number of hydrogen-bond donors (Lipinski definition) is 1. The maximum atomic E-state index is 13.4. The Morgan fingerprint density at radius 1 is 1.35 bits per heavy atom. The van der Waals surface area contributed by atoms with E-state index in [2.05, 4.69) is 0 Å². The van der Waals surface area contributed by atoms with Crippen LogP contribution in [-0.4, -0.2) is 18.2 Å². The van der Waals surface area contributed by atoms with E-state index < -0.39 is 17.2 Å². The molecule has 0 aliphatic carbocycles. The van der Waals surface area contributed by atoms with E-state index in [0.29, 0.717) is 18.6 Å². The Morgan fingerprint density at radius 3 is 2.53 bits per heavy atom. The van der Waals surface area contributed by atoms with Gasteiger partial charge in [0.15, 0.2) is 0 Å². The minimum absolute atomic E-state index is 0.319. The predicted octanol–water partition coefficient (Wildman–Crippen LogP) is 2.65. The van der Waals surface area contributed by atoms with Crippen LogP contribution in [-0.2, 0) is 11.2 Å². The molecule has 1 atom stereocenters. The van der Waals surface area contributed by atoms with Gasteiger partial charge in [0.2, 0.25) is 0 Å². The van der Waals surface area contributed by atoms with Crippen molar-refractivity contribution in [2.24, 2.45) is 5.73 Å². The zero-order chi connectivity index (χ0) is 13.1. The second-order valence-electron chi connectivity index (χ2n) is 4.58. The molecule has 0 bridgehead atoms. The molecule has 17 heavy (non-hydrogen) atoms. The Labute approximate surface area is 101 Å². The summed E-state index contributed by atoms with van der Waals surface area (Å²) in [6.45, 7) is 6.16. The second kappa shape index (κ2) is 5.56. The molecule has 0 aliphatic rings. The molecule has 0 heterocycles. The number of halogens is 2. The van der Waals surface area contributed by atoms with Crippen LogP contribution in [0, 0.1) is 11.6 Å². The van der Waals surface area contributed by atoms with E-state index >= 15 is 0 Å². The summed E-state index contributed by atoms with van der Waals surface area (Å²) in [5.41, 5.74) is 5.87. The molecular formula is C13H19F2NO. The standard InChI is InChI=1S/C13H19F2NO/c1-4-17-13(2,3)12(16)7-9-5-6-10(14)8-11(9)15/h5-6,8,12H,4,7,16H2,1-3H3. The fourth-order valence-electron chi connectivity index (χ4n) is 1.65. The first-order valence-corrected chi connectivity index (χ1v) is 5.70. The number of nitrogens with two attached hydrogens (primary N) is 1. The molecular weight excluding hydrogens is 224 g/mol. The number of rotatable bonds is 5. The van der Waals surface area contributed by atoms with Crippen LogP contribution in [0.2, 0.25) is 0 Å². The summed E-state index contributed by atoms with van der Waals surface area (Å²) in [5.74, 6) is -1.14. The summed E-state index contributed by atoms with van der Waals surface area (Å²) in [4.78, 5) is 0. The molecule has 0 saturated carbocycles. The SMILES string of the molecule is CCOC(C)(C)C(N)Cc1ccc(F)cc1F. The molecule has 1 aromatic carbocycles. The van der Waals surface area contributed by atoms with Gasteiger partial charge in [-0.25, -0.2) is 8.78 Å². The summed E-state index contributed by atoms with van der Waals surface area (Å²) in [6.07, 6.45) is 0.319. The first-order chi connectivity index (χ1) is 7.86. The van der Waals surface area contributed by atoms with Crippen molar-refractivity contribution in [3.63, 3.8) is 0 Å². The monoisotopic (exact) mass is 243 g/mol. The van der Waals surface area contributed by atoms with Gasteiger partial charge < -0.3 is 10.5 Å². The average molecular weight is 243 g/mol. The van der Waals surface area contributed by atoms with Crippen molar-refractivity contribution in [3.8, 4) is 0 Å². The third kappa shape index (κ3) is 3.75. The first-order valence-electron chi connectivity index (χ1n) is 5.70. The summed E-state index contributed by atoms with van der Waals surface area (Å²) in [5, 5.41) is 0. The zero-order valence-corrected chi connectivity index (χ0v) is 10.5. The van der Waals surface area contributed by atoms with Gasteiger partial charge >= 0.3 is 0 Å². The maximum Gasteiger partial charge on any atom is 0.129 e. The topological polar surface area (TPSA) is 35.2 Å². The normalized spacial score (nSPS) is 13.8. The lowest BCUT2D eigenvalue weighted by atomic mass is 9.93. The maximum absolute atomic E-state index is 13.4. The van der Waals surface area contributed by atoms with E-state index in [1.165, 1.54) is 12.1 Å². The van der Waals surface area contributed by atoms with Gasteiger partial charge in [0.1, 0.15) is 11.6 Å². The van der Waals surface area contributed by atoms with Crippen LogP contribution in [0.5, 0.6) is 0 Å². The largest absolute Gasteiger partial charge is 0.374 e. The van der Waals surface area contributed by atoms with Crippen LogP contribution in [0.15, 0.2) is 18.2 Å². The van der Waals surface area contributed by atoms with Gasteiger partial charge in [-0.2, -0.15) is 0 Å².